The van der Waals surface area contributed by atoms with E-state index >= 15 is 0 Å². The van der Waals surface area contributed by atoms with Gasteiger partial charge in [0.2, 0.25) is 0 Å². The molecular weight excluding hydrogens is 210 g/mol. The number of aliphatic hydroxyl groups is 2. The predicted octanol–water partition coefficient (Wildman–Crippen LogP) is 0.154. The molecule has 88 valence electrons. The summed E-state index contributed by atoms with van der Waals surface area (Å²) in [5.41, 5.74) is 1.16. The molecule has 0 fully saturated rings. The molecule has 5 heteroatoms. The van der Waals surface area contributed by atoms with E-state index in [1.807, 2.05) is 0 Å². The Hall–Kier alpha value is -1.46. The van der Waals surface area contributed by atoms with Crippen LogP contribution in [-0.2, 0) is 11.2 Å². The van der Waals surface area contributed by atoms with Crippen LogP contribution in [0.4, 0.5) is 0 Å². The standard InChI is InChI=1S/C11H15NO4/c1-16-11(15)10-5-3-8(6-12-10)2-4-9(14)7-13/h3,5-6,9,13-14H,2,4,7H2,1H3/t9-/m0/s1. The molecule has 0 bridgehead atoms. The minimum atomic E-state index is -0.708. The van der Waals surface area contributed by atoms with E-state index in [-0.39, 0.29) is 12.3 Å². The number of pyridine rings is 1. The summed E-state index contributed by atoms with van der Waals surface area (Å²) in [6.45, 7) is -0.242. The molecule has 1 aromatic rings. The van der Waals surface area contributed by atoms with Gasteiger partial charge < -0.3 is 14.9 Å². The van der Waals surface area contributed by atoms with Crippen molar-refractivity contribution < 1.29 is 19.7 Å². The van der Waals surface area contributed by atoms with E-state index in [0.29, 0.717) is 12.8 Å². The van der Waals surface area contributed by atoms with Gasteiger partial charge in [0.25, 0.3) is 0 Å². The third-order valence-electron chi connectivity index (χ3n) is 2.20. The van der Waals surface area contributed by atoms with Crippen molar-refractivity contribution in [2.24, 2.45) is 0 Å². The number of aliphatic hydroxyl groups excluding tert-OH is 2. The minimum absolute atomic E-state index is 0.242. The number of carbonyl (C=O) groups is 1. The molecule has 0 unspecified atom stereocenters. The second-order valence-corrected chi connectivity index (χ2v) is 3.42. The first-order valence-electron chi connectivity index (χ1n) is 4.99. The van der Waals surface area contributed by atoms with E-state index < -0.39 is 12.1 Å². The molecule has 0 saturated heterocycles. The second kappa shape index (κ2) is 6.19. The molecule has 16 heavy (non-hydrogen) atoms. The van der Waals surface area contributed by atoms with Gasteiger partial charge in [-0.05, 0) is 24.5 Å². The predicted molar refractivity (Wildman–Crippen MR) is 57.0 cm³/mol. The fraction of sp³-hybridized carbons (Fsp3) is 0.455. The number of hydrogen-bond acceptors (Lipinski definition) is 5. The number of aryl methyl sites for hydroxylation is 1. The Morgan fingerprint density at radius 2 is 2.31 bits per heavy atom. The third kappa shape index (κ3) is 3.60. The number of rotatable bonds is 5. The van der Waals surface area contributed by atoms with Crippen LogP contribution in [0.1, 0.15) is 22.5 Å². The van der Waals surface area contributed by atoms with Gasteiger partial charge in [0.1, 0.15) is 5.69 Å². The molecule has 2 N–H and O–H groups in total. The maximum Gasteiger partial charge on any atom is 0.356 e. The van der Waals surface area contributed by atoms with Crippen LogP contribution in [0.5, 0.6) is 0 Å². The Kier molecular flexibility index (Phi) is 4.88. The van der Waals surface area contributed by atoms with Gasteiger partial charge in [0.05, 0.1) is 19.8 Å². The molecule has 0 aliphatic rings. The fourth-order valence-electron chi connectivity index (χ4n) is 1.22. The van der Waals surface area contributed by atoms with Gasteiger partial charge in [0.15, 0.2) is 0 Å². The van der Waals surface area contributed by atoms with Crippen LogP contribution in [-0.4, -0.2) is 41.0 Å². The average molecular weight is 225 g/mol. The van der Waals surface area contributed by atoms with E-state index in [1.165, 1.54) is 7.11 Å². The maximum absolute atomic E-state index is 11.1. The van der Waals surface area contributed by atoms with Crippen LogP contribution < -0.4 is 0 Å². The highest BCUT2D eigenvalue weighted by atomic mass is 16.5. The van der Waals surface area contributed by atoms with Crippen LogP contribution in [0.3, 0.4) is 0 Å². The maximum atomic E-state index is 11.1. The van der Waals surface area contributed by atoms with Crippen molar-refractivity contribution in [1.82, 2.24) is 4.98 Å². The monoisotopic (exact) mass is 225 g/mol. The molecule has 1 heterocycles. The summed E-state index contributed by atoms with van der Waals surface area (Å²) in [6, 6.07) is 3.33. The number of ether oxygens (including phenoxy) is 1. The minimum Gasteiger partial charge on any atom is -0.464 e. The summed E-state index contributed by atoms with van der Waals surface area (Å²) in [6.07, 6.45) is 1.93. The quantitative estimate of drug-likeness (QED) is 0.697. The molecule has 0 aliphatic carbocycles. The van der Waals surface area contributed by atoms with E-state index in [2.05, 4.69) is 9.72 Å². The van der Waals surface area contributed by atoms with Gasteiger partial charge in [0, 0.05) is 6.20 Å². The van der Waals surface area contributed by atoms with E-state index in [0.717, 1.165) is 5.56 Å². The van der Waals surface area contributed by atoms with Crippen LogP contribution in [0, 0.1) is 0 Å². The molecular formula is C11H15NO4. The fourth-order valence-corrected chi connectivity index (χ4v) is 1.22. The first-order valence-corrected chi connectivity index (χ1v) is 4.99. The lowest BCUT2D eigenvalue weighted by Gasteiger charge is -2.06. The Morgan fingerprint density at radius 1 is 1.56 bits per heavy atom. The Bertz CT molecular complexity index is 336. The summed E-state index contributed by atoms with van der Waals surface area (Å²) < 4.78 is 4.52. The summed E-state index contributed by atoms with van der Waals surface area (Å²) in [4.78, 5) is 15.0. The van der Waals surface area contributed by atoms with Crippen molar-refractivity contribution in [3.05, 3.63) is 29.6 Å². The molecule has 0 amide bonds. The van der Waals surface area contributed by atoms with Gasteiger partial charge in [-0.1, -0.05) is 6.07 Å². The van der Waals surface area contributed by atoms with Crippen molar-refractivity contribution in [2.75, 3.05) is 13.7 Å². The summed E-state index contributed by atoms with van der Waals surface area (Å²) in [7, 11) is 1.30. The lowest BCUT2D eigenvalue weighted by atomic mass is 10.1. The van der Waals surface area contributed by atoms with E-state index in [1.54, 1.807) is 18.3 Å². The van der Waals surface area contributed by atoms with Crippen LogP contribution in [0.2, 0.25) is 0 Å². The molecule has 1 atom stereocenters. The number of aromatic nitrogens is 1. The molecule has 0 radical (unpaired) electrons. The molecule has 0 aromatic carbocycles. The number of hydrogen-bond donors (Lipinski definition) is 2. The Balaban J connectivity index is 2.54. The van der Waals surface area contributed by atoms with Gasteiger partial charge >= 0.3 is 5.97 Å². The summed E-state index contributed by atoms with van der Waals surface area (Å²) in [5.74, 6) is -0.470. The zero-order chi connectivity index (χ0) is 12.0. The van der Waals surface area contributed by atoms with Crippen molar-refractivity contribution in [3.63, 3.8) is 0 Å². The SMILES string of the molecule is COC(=O)c1ccc(CC[C@H](O)CO)cn1. The zero-order valence-electron chi connectivity index (χ0n) is 9.09. The summed E-state index contributed by atoms with van der Waals surface area (Å²) in [5, 5.41) is 17.8. The highest BCUT2D eigenvalue weighted by Crippen LogP contribution is 2.06. The van der Waals surface area contributed by atoms with Crippen LogP contribution in [0.25, 0.3) is 0 Å². The number of carbonyl (C=O) groups excluding carboxylic acids is 1. The highest BCUT2D eigenvalue weighted by Gasteiger charge is 2.07. The van der Waals surface area contributed by atoms with Gasteiger partial charge in [-0.2, -0.15) is 0 Å². The Labute approximate surface area is 93.7 Å². The van der Waals surface area contributed by atoms with Crippen LogP contribution >= 0.6 is 0 Å². The highest BCUT2D eigenvalue weighted by molar-refractivity contribution is 5.86. The normalized spacial score (nSPS) is 12.2. The average Bonchev–Trinajstić information content (AvgIpc) is 2.35. The van der Waals surface area contributed by atoms with Crippen LogP contribution in [0.15, 0.2) is 18.3 Å². The molecule has 0 spiro atoms. The van der Waals surface area contributed by atoms with Crippen molar-refractivity contribution in [1.29, 1.82) is 0 Å². The first-order chi connectivity index (χ1) is 7.67. The molecule has 0 aliphatic heterocycles. The first kappa shape index (κ1) is 12.6. The molecule has 1 rings (SSSR count). The number of methoxy groups -OCH3 is 1. The number of nitrogens with zero attached hydrogens (tertiary/aromatic N) is 1. The zero-order valence-corrected chi connectivity index (χ0v) is 9.09. The van der Waals surface area contributed by atoms with E-state index in [4.69, 9.17) is 10.2 Å². The Morgan fingerprint density at radius 3 is 2.81 bits per heavy atom. The van der Waals surface area contributed by atoms with Gasteiger partial charge in [-0.25, -0.2) is 9.78 Å². The van der Waals surface area contributed by atoms with Gasteiger partial charge in [-0.15, -0.1) is 0 Å². The summed E-state index contributed by atoms with van der Waals surface area (Å²) >= 11 is 0. The largest absolute Gasteiger partial charge is 0.464 e. The van der Waals surface area contributed by atoms with Gasteiger partial charge in [-0.3, -0.25) is 0 Å². The lowest BCUT2D eigenvalue weighted by Crippen LogP contribution is -2.12. The topological polar surface area (TPSA) is 79.7 Å². The van der Waals surface area contributed by atoms with Crippen molar-refractivity contribution >= 4 is 5.97 Å². The van der Waals surface area contributed by atoms with Crippen molar-refractivity contribution in [2.45, 2.75) is 18.9 Å². The van der Waals surface area contributed by atoms with Crippen molar-refractivity contribution in [3.8, 4) is 0 Å². The molecule has 5 nitrogen and oxygen atoms in total. The van der Waals surface area contributed by atoms with E-state index in [9.17, 15) is 4.79 Å². The smallest absolute Gasteiger partial charge is 0.356 e. The third-order valence-corrected chi connectivity index (χ3v) is 2.20. The molecule has 1 aromatic heterocycles. The molecule has 0 saturated carbocycles. The number of esters is 1. The lowest BCUT2D eigenvalue weighted by molar-refractivity contribution is 0.0594. The second-order valence-electron chi connectivity index (χ2n) is 3.42.